The summed E-state index contributed by atoms with van der Waals surface area (Å²) in [5.41, 5.74) is 7.46. The van der Waals surface area contributed by atoms with Gasteiger partial charge in [0.1, 0.15) is 0 Å². The van der Waals surface area contributed by atoms with Crippen LogP contribution in [0.15, 0.2) is 30.3 Å². The molecule has 1 aliphatic carbocycles. The molecule has 0 saturated heterocycles. The zero-order chi connectivity index (χ0) is 13.7. The van der Waals surface area contributed by atoms with Gasteiger partial charge in [-0.2, -0.15) is 0 Å². The van der Waals surface area contributed by atoms with Crippen molar-refractivity contribution in [3.8, 4) is 0 Å². The summed E-state index contributed by atoms with van der Waals surface area (Å²) in [6, 6.07) is 12.1. The van der Waals surface area contributed by atoms with Gasteiger partial charge in [0.05, 0.1) is 0 Å². The molecule has 0 amide bonds. The van der Waals surface area contributed by atoms with Crippen LogP contribution in [0.1, 0.15) is 37.3 Å². The molecule has 3 unspecified atom stereocenters. The third-order valence-electron chi connectivity index (χ3n) is 3.90. The average molecular weight is 261 g/mol. The maximum Gasteiger partial charge on any atom is 0.0451 e. The van der Waals surface area contributed by atoms with E-state index in [1.807, 2.05) is 0 Å². The number of nitrogens with two attached hydrogens (primary N) is 1. The zero-order valence-corrected chi connectivity index (χ0v) is 12.2. The first-order valence-corrected chi connectivity index (χ1v) is 7.36. The highest BCUT2D eigenvalue weighted by Gasteiger charge is 2.22. The van der Waals surface area contributed by atoms with Crippen molar-refractivity contribution in [2.75, 3.05) is 20.6 Å². The van der Waals surface area contributed by atoms with E-state index in [2.05, 4.69) is 54.6 Å². The van der Waals surface area contributed by atoms with Crippen LogP contribution in [0.2, 0.25) is 0 Å². The summed E-state index contributed by atoms with van der Waals surface area (Å²) in [4.78, 5) is 2.24. The Balaban J connectivity index is 2.01. The number of rotatable bonds is 5. The predicted molar refractivity (Wildman–Crippen MR) is 81.1 cm³/mol. The minimum Gasteiger partial charge on any atom is -0.328 e. The van der Waals surface area contributed by atoms with Gasteiger partial charge in [0.25, 0.3) is 0 Å². The molecule has 106 valence electrons. The van der Waals surface area contributed by atoms with Crippen molar-refractivity contribution in [2.45, 2.75) is 43.8 Å². The number of likely N-dealkylation sites (N-methyl/N-ethyl adjacent to an activating group) is 1. The fourth-order valence-electron chi connectivity index (χ4n) is 2.97. The van der Waals surface area contributed by atoms with Gasteiger partial charge in [0.15, 0.2) is 0 Å². The molecular weight excluding hydrogens is 234 g/mol. The normalized spacial score (nSPS) is 25.5. The Hall–Kier alpha value is -0.900. The quantitative estimate of drug-likeness (QED) is 0.853. The molecule has 0 heterocycles. The molecule has 1 aliphatic rings. The van der Waals surface area contributed by atoms with Crippen LogP contribution in [0.3, 0.4) is 0 Å². The van der Waals surface area contributed by atoms with Crippen molar-refractivity contribution in [1.29, 1.82) is 0 Å². The predicted octanol–water partition coefficient (Wildman–Crippen LogP) is 2.15. The van der Waals surface area contributed by atoms with Gasteiger partial charge in [0.2, 0.25) is 0 Å². The summed E-state index contributed by atoms with van der Waals surface area (Å²) in [5.74, 6) is 0. The first-order valence-electron chi connectivity index (χ1n) is 7.36. The summed E-state index contributed by atoms with van der Waals surface area (Å²) in [6.45, 7) is 1.02. The standard InChI is InChI=1S/C16H27N3/c1-19(2)12-16(13-7-4-3-5-8-13)18-15-10-6-9-14(17)11-15/h3-5,7-8,14-16,18H,6,9-12,17H2,1-2H3. The molecule has 1 aromatic carbocycles. The molecule has 0 aliphatic heterocycles. The number of nitrogens with zero attached hydrogens (tertiary/aromatic N) is 1. The molecule has 0 bridgehead atoms. The van der Waals surface area contributed by atoms with E-state index in [-0.39, 0.29) is 0 Å². The Morgan fingerprint density at radius 2 is 2.00 bits per heavy atom. The van der Waals surface area contributed by atoms with E-state index in [0.717, 1.165) is 13.0 Å². The van der Waals surface area contributed by atoms with Gasteiger partial charge in [-0.05, 0) is 38.9 Å². The van der Waals surface area contributed by atoms with Gasteiger partial charge < -0.3 is 16.0 Å². The second kappa shape index (κ2) is 7.04. The molecule has 1 saturated carbocycles. The van der Waals surface area contributed by atoms with Gasteiger partial charge in [-0.1, -0.05) is 36.8 Å². The number of nitrogens with one attached hydrogen (secondary N) is 1. The second-order valence-corrected chi connectivity index (χ2v) is 6.02. The van der Waals surface area contributed by atoms with Crippen molar-refractivity contribution < 1.29 is 0 Å². The molecule has 2 rings (SSSR count). The van der Waals surface area contributed by atoms with Crippen LogP contribution in [-0.2, 0) is 0 Å². The van der Waals surface area contributed by atoms with Crippen LogP contribution in [0.4, 0.5) is 0 Å². The molecule has 19 heavy (non-hydrogen) atoms. The van der Waals surface area contributed by atoms with Crippen LogP contribution >= 0.6 is 0 Å². The first kappa shape index (κ1) is 14.5. The molecular formula is C16H27N3. The molecule has 3 heteroatoms. The van der Waals surface area contributed by atoms with Crippen LogP contribution in [0, 0.1) is 0 Å². The third kappa shape index (κ3) is 4.60. The van der Waals surface area contributed by atoms with Crippen molar-refractivity contribution >= 4 is 0 Å². The number of benzene rings is 1. The second-order valence-electron chi connectivity index (χ2n) is 6.02. The van der Waals surface area contributed by atoms with E-state index in [1.165, 1.54) is 24.8 Å². The van der Waals surface area contributed by atoms with E-state index in [9.17, 15) is 0 Å². The lowest BCUT2D eigenvalue weighted by Gasteiger charge is -2.32. The largest absolute Gasteiger partial charge is 0.328 e. The number of hydrogen-bond donors (Lipinski definition) is 2. The summed E-state index contributed by atoms with van der Waals surface area (Å²) < 4.78 is 0. The molecule has 0 aromatic heterocycles. The lowest BCUT2D eigenvalue weighted by atomic mass is 9.90. The Kier molecular flexibility index (Phi) is 5.37. The van der Waals surface area contributed by atoms with E-state index in [4.69, 9.17) is 5.73 Å². The van der Waals surface area contributed by atoms with Gasteiger partial charge in [-0.3, -0.25) is 0 Å². The van der Waals surface area contributed by atoms with Crippen molar-refractivity contribution in [3.05, 3.63) is 35.9 Å². The lowest BCUT2D eigenvalue weighted by Crippen LogP contribution is -2.43. The maximum absolute atomic E-state index is 6.09. The highest BCUT2D eigenvalue weighted by atomic mass is 15.1. The smallest absolute Gasteiger partial charge is 0.0451 e. The molecule has 1 fully saturated rings. The minimum absolute atomic E-state index is 0.377. The van der Waals surface area contributed by atoms with Gasteiger partial charge in [0, 0.05) is 24.7 Å². The average Bonchev–Trinajstić information content (AvgIpc) is 2.38. The Labute approximate surface area is 117 Å². The molecule has 0 radical (unpaired) electrons. The molecule has 3 N–H and O–H groups in total. The van der Waals surface area contributed by atoms with Gasteiger partial charge in [-0.15, -0.1) is 0 Å². The van der Waals surface area contributed by atoms with Gasteiger partial charge >= 0.3 is 0 Å². The fraction of sp³-hybridized carbons (Fsp3) is 0.625. The molecule has 3 nitrogen and oxygen atoms in total. The molecule has 0 spiro atoms. The van der Waals surface area contributed by atoms with E-state index in [0.29, 0.717) is 18.1 Å². The van der Waals surface area contributed by atoms with Crippen molar-refractivity contribution in [2.24, 2.45) is 5.73 Å². The molecule has 1 aromatic rings. The Morgan fingerprint density at radius 1 is 1.26 bits per heavy atom. The minimum atomic E-state index is 0.377. The Bertz CT molecular complexity index is 364. The lowest BCUT2D eigenvalue weighted by molar-refractivity contribution is 0.274. The topological polar surface area (TPSA) is 41.3 Å². The molecule has 3 atom stereocenters. The maximum atomic E-state index is 6.09. The fourth-order valence-corrected chi connectivity index (χ4v) is 2.97. The summed E-state index contributed by atoms with van der Waals surface area (Å²) in [7, 11) is 4.26. The highest BCUT2D eigenvalue weighted by molar-refractivity contribution is 5.19. The van der Waals surface area contributed by atoms with Crippen LogP contribution in [0.25, 0.3) is 0 Å². The van der Waals surface area contributed by atoms with Crippen LogP contribution in [0.5, 0.6) is 0 Å². The monoisotopic (exact) mass is 261 g/mol. The van der Waals surface area contributed by atoms with Gasteiger partial charge in [-0.25, -0.2) is 0 Å². The highest BCUT2D eigenvalue weighted by Crippen LogP contribution is 2.21. The zero-order valence-electron chi connectivity index (χ0n) is 12.2. The summed E-state index contributed by atoms with van der Waals surface area (Å²) in [5, 5.41) is 3.81. The van der Waals surface area contributed by atoms with E-state index < -0.39 is 0 Å². The summed E-state index contributed by atoms with van der Waals surface area (Å²) in [6.07, 6.45) is 4.80. The summed E-state index contributed by atoms with van der Waals surface area (Å²) >= 11 is 0. The van der Waals surface area contributed by atoms with E-state index in [1.54, 1.807) is 0 Å². The Morgan fingerprint density at radius 3 is 2.63 bits per heavy atom. The van der Waals surface area contributed by atoms with Crippen molar-refractivity contribution in [1.82, 2.24) is 10.2 Å². The SMILES string of the molecule is CN(C)CC(NC1CCCC(N)C1)c1ccccc1. The third-order valence-corrected chi connectivity index (χ3v) is 3.90. The van der Waals surface area contributed by atoms with Crippen LogP contribution < -0.4 is 11.1 Å². The first-order chi connectivity index (χ1) is 9.15. The van der Waals surface area contributed by atoms with E-state index >= 15 is 0 Å². The number of hydrogen-bond acceptors (Lipinski definition) is 3. The van der Waals surface area contributed by atoms with Crippen molar-refractivity contribution in [3.63, 3.8) is 0 Å². The van der Waals surface area contributed by atoms with Crippen LogP contribution in [-0.4, -0.2) is 37.6 Å².